The van der Waals surface area contributed by atoms with E-state index in [1.165, 1.54) is 18.3 Å². The van der Waals surface area contributed by atoms with Crippen LogP contribution in [0.4, 0.5) is 5.69 Å². The highest BCUT2D eigenvalue weighted by atomic mass is 32.1. The maximum Gasteiger partial charge on any atom is 0.231 e. The third-order valence-electron chi connectivity index (χ3n) is 3.59. The van der Waals surface area contributed by atoms with Crippen LogP contribution in [0.3, 0.4) is 0 Å². The molecule has 3 aromatic rings. The number of anilines is 1. The molecule has 134 valence electrons. The molecule has 0 saturated heterocycles. The number of benzene rings is 1. The first-order valence-corrected chi connectivity index (χ1v) is 9.83. The van der Waals surface area contributed by atoms with Crippen LogP contribution >= 0.6 is 22.7 Å². The molecular formula is C19H19N3O2S2. The highest BCUT2D eigenvalue weighted by Gasteiger charge is 2.11. The highest BCUT2D eigenvalue weighted by Crippen LogP contribution is 2.29. The van der Waals surface area contributed by atoms with E-state index in [2.05, 4.69) is 15.6 Å². The number of thiazole rings is 1. The Bertz CT molecular complexity index is 930. The summed E-state index contributed by atoms with van der Waals surface area (Å²) in [6.45, 7) is 4.02. The van der Waals surface area contributed by atoms with Crippen molar-refractivity contribution in [1.29, 1.82) is 0 Å². The van der Waals surface area contributed by atoms with Crippen LogP contribution in [0.25, 0.3) is 10.6 Å². The fraction of sp³-hybridized carbons (Fsp3) is 0.211. The van der Waals surface area contributed by atoms with E-state index < -0.39 is 0 Å². The lowest BCUT2D eigenvalue weighted by atomic mass is 10.2. The van der Waals surface area contributed by atoms with Gasteiger partial charge in [0.1, 0.15) is 5.01 Å². The van der Waals surface area contributed by atoms with Gasteiger partial charge in [-0.15, -0.1) is 22.7 Å². The van der Waals surface area contributed by atoms with Gasteiger partial charge in [0.25, 0.3) is 0 Å². The average molecular weight is 386 g/mol. The third-order valence-corrected chi connectivity index (χ3v) is 5.55. The molecule has 2 aromatic heterocycles. The van der Waals surface area contributed by atoms with E-state index in [0.29, 0.717) is 6.54 Å². The first-order chi connectivity index (χ1) is 12.5. The summed E-state index contributed by atoms with van der Waals surface area (Å²) in [6, 6.07) is 11.7. The van der Waals surface area contributed by atoms with Gasteiger partial charge in [-0.1, -0.05) is 12.1 Å². The summed E-state index contributed by atoms with van der Waals surface area (Å²) in [4.78, 5) is 29.9. The van der Waals surface area contributed by atoms with Crippen molar-refractivity contribution in [3.05, 3.63) is 57.2 Å². The molecule has 0 spiro atoms. The summed E-state index contributed by atoms with van der Waals surface area (Å²) in [5.74, 6) is -0.121. The molecule has 0 bridgehead atoms. The van der Waals surface area contributed by atoms with Crippen LogP contribution in [0, 0.1) is 6.92 Å². The van der Waals surface area contributed by atoms with E-state index in [9.17, 15) is 9.59 Å². The maximum atomic E-state index is 12.2. The van der Waals surface area contributed by atoms with Crippen molar-refractivity contribution >= 4 is 40.2 Å². The minimum Gasteiger partial charge on any atom is -0.351 e. The summed E-state index contributed by atoms with van der Waals surface area (Å²) >= 11 is 3.07. The van der Waals surface area contributed by atoms with E-state index in [0.717, 1.165) is 31.7 Å². The van der Waals surface area contributed by atoms with Crippen molar-refractivity contribution < 1.29 is 9.59 Å². The third kappa shape index (κ3) is 5.00. The zero-order valence-corrected chi connectivity index (χ0v) is 16.2. The number of aromatic nitrogens is 1. The standard InChI is InChI=1S/C19H19N3O2S2/c1-12-4-3-5-14(8-12)21-18(24)9-19-22-16(11-25-19)17-7-6-15(26-17)10-20-13(2)23/h3-8,11H,9-10H2,1-2H3,(H,20,23)(H,21,24). The fourth-order valence-corrected chi connectivity index (χ4v) is 4.17. The molecule has 26 heavy (non-hydrogen) atoms. The van der Waals surface area contributed by atoms with Gasteiger partial charge in [-0.25, -0.2) is 4.98 Å². The Morgan fingerprint density at radius 1 is 1.19 bits per heavy atom. The van der Waals surface area contributed by atoms with Gasteiger partial charge in [0.05, 0.1) is 23.5 Å². The number of amides is 2. The Kier molecular flexibility index (Phi) is 5.80. The molecule has 5 nitrogen and oxygen atoms in total. The van der Waals surface area contributed by atoms with Crippen molar-refractivity contribution in [3.8, 4) is 10.6 Å². The second-order valence-electron chi connectivity index (χ2n) is 5.90. The number of carbonyl (C=O) groups is 2. The van der Waals surface area contributed by atoms with E-state index >= 15 is 0 Å². The smallest absolute Gasteiger partial charge is 0.231 e. The van der Waals surface area contributed by atoms with Crippen LogP contribution in [0.2, 0.25) is 0 Å². The van der Waals surface area contributed by atoms with Crippen molar-refractivity contribution in [2.45, 2.75) is 26.8 Å². The SMILES string of the molecule is CC(=O)NCc1ccc(-c2csc(CC(=O)Nc3cccc(C)c3)n2)s1. The fourth-order valence-electron chi connectivity index (χ4n) is 2.39. The quantitative estimate of drug-likeness (QED) is 0.674. The van der Waals surface area contributed by atoms with Crippen LogP contribution in [-0.2, 0) is 22.6 Å². The van der Waals surface area contributed by atoms with Gasteiger partial charge in [0, 0.05) is 22.9 Å². The second kappa shape index (κ2) is 8.25. The number of hydrogen-bond donors (Lipinski definition) is 2. The number of aryl methyl sites for hydroxylation is 1. The monoisotopic (exact) mass is 385 g/mol. The molecule has 2 amide bonds. The van der Waals surface area contributed by atoms with Gasteiger partial charge < -0.3 is 10.6 Å². The van der Waals surface area contributed by atoms with Gasteiger partial charge in [-0.2, -0.15) is 0 Å². The van der Waals surface area contributed by atoms with Gasteiger partial charge in [-0.3, -0.25) is 9.59 Å². The minimum absolute atomic E-state index is 0.0458. The molecule has 0 aliphatic carbocycles. The van der Waals surface area contributed by atoms with Crippen LogP contribution in [0.1, 0.15) is 22.4 Å². The molecule has 0 aliphatic rings. The molecule has 2 N–H and O–H groups in total. The number of nitrogens with one attached hydrogen (secondary N) is 2. The van der Waals surface area contributed by atoms with Gasteiger partial charge in [0.15, 0.2) is 0 Å². The topological polar surface area (TPSA) is 71.1 Å². The molecule has 0 saturated carbocycles. The summed E-state index contributed by atoms with van der Waals surface area (Å²) in [7, 11) is 0. The molecule has 2 heterocycles. The van der Waals surface area contributed by atoms with Crippen LogP contribution in [0.15, 0.2) is 41.8 Å². The Morgan fingerprint density at radius 2 is 2.04 bits per heavy atom. The zero-order chi connectivity index (χ0) is 18.5. The van der Waals surface area contributed by atoms with Crippen molar-refractivity contribution in [1.82, 2.24) is 10.3 Å². The predicted octanol–water partition coefficient (Wildman–Crippen LogP) is 4.00. The normalized spacial score (nSPS) is 10.5. The molecule has 0 radical (unpaired) electrons. The highest BCUT2D eigenvalue weighted by molar-refractivity contribution is 7.16. The number of hydrogen-bond acceptors (Lipinski definition) is 5. The number of thiophene rings is 1. The van der Waals surface area contributed by atoms with Crippen molar-refractivity contribution in [2.75, 3.05) is 5.32 Å². The van der Waals surface area contributed by atoms with E-state index in [4.69, 9.17) is 0 Å². The van der Waals surface area contributed by atoms with Crippen molar-refractivity contribution in [3.63, 3.8) is 0 Å². The molecule has 0 fully saturated rings. The van der Waals surface area contributed by atoms with Crippen LogP contribution < -0.4 is 10.6 Å². The van der Waals surface area contributed by atoms with E-state index in [-0.39, 0.29) is 18.2 Å². The van der Waals surface area contributed by atoms with Crippen LogP contribution in [-0.4, -0.2) is 16.8 Å². The molecule has 7 heteroatoms. The predicted molar refractivity (Wildman–Crippen MR) is 106 cm³/mol. The molecule has 0 aliphatic heterocycles. The number of carbonyl (C=O) groups excluding carboxylic acids is 2. The lowest BCUT2D eigenvalue weighted by Crippen LogP contribution is -2.17. The Labute approximate surface area is 160 Å². The van der Waals surface area contributed by atoms with E-state index in [1.54, 1.807) is 11.3 Å². The first kappa shape index (κ1) is 18.3. The summed E-state index contributed by atoms with van der Waals surface area (Å²) in [6.07, 6.45) is 0.253. The molecule has 0 unspecified atom stereocenters. The van der Waals surface area contributed by atoms with Gasteiger partial charge >= 0.3 is 0 Å². The summed E-state index contributed by atoms with van der Waals surface area (Å²) in [5, 5.41) is 8.43. The molecule has 3 rings (SSSR count). The van der Waals surface area contributed by atoms with Crippen molar-refractivity contribution in [2.24, 2.45) is 0 Å². The van der Waals surface area contributed by atoms with E-state index in [1.807, 2.05) is 48.7 Å². The molecular weight excluding hydrogens is 366 g/mol. The summed E-state index contributed by atoms with van der Waals surface area (Å²) in [5.41, 5.74) is 2.77. The first-order valence-electron chi connectivity index (χ1n) is 8.14. The lowest BCUT2D eigenvalue weighted by Gasteiger charge is -2.04. The maximum absolute atomic E-state index is 12.2. The molecule has 1 aromatic carbocycles. The molecule has 0 atom stereocenters. The summed E-state index contributed by atoms with van der Waals surface area (Å²) < 4.78 is 0. The minimum atomic E-state index is -0.0750. The second-order valence-corrected chi connectivity index (χ2v) is 8.01. The Morgan fingerprint density at radius 3 is 2.81 bits per heavy atom. The number of rotatable bonds is 6. The Balaban J connectivity index is 1.61. The van der Waals surface area contributed by atoms with Gasteiger partial charge in [0.2, 0.25) is 11.8 Å². The largest absolute Gasteiger partial charge is 0.351 e. The lowest BCUT2D eigenvalue weighted by molar-refractivity contribution is -0.119. The number of nitrogens with zero attached hydrogens (tertiary/aromatic N) is 1. The average Bonchev–Trinajstić information content (AvgIpc) is 3.21. The zero-order valence-electron chi connectivity index (χ0n) is 14.5. The Hall–Kier alpha value is -2.51. The van der Waals surface area contributed by atoms with Gasteiger partial charge in [-0.05, 0) is 36.8 Å². The van der Waals surface area contributed by atoms with Crippen LogP contribution in [0.5, 0.6) is 0 Å².